The molecule has 2 nitrogen and oxygen atoms in total. The molecule has 0 N–H and O–H groups in total. The number of hydrogen-bond acceptors (Lipinski definition) is 2. The maximum Gasteiger partial charge on any atom is 0.165 e. The average Bonchev–Trinajstić information content (AvgIpc) is 2.33. The second kappa shape index (κ2) is 5.26. The topological polar surface area (TPSA) is 26.3 Å². The number of carbonyl (C=O) groups is 1. The Hall–Kier alpha value is -1.15. The Morgan fingerprint density at radius 2 is 2.06 bits per heavy atom. The summed E-state index contributed by atoms with van der Waals surface area (Å²) in [6, 6.07) is 8.14. The summed E-state index contributed by atoms with van der Waals surface area (Å²) in [5.41, 5.74) is 2.31. The number of Topliss-reactive ketones (excluding diaryl/α,β-unsaturated/α-hetero) is 1. The van der Waals surface area contributed by atoms with Crippen molar-refractivity contribution >= 4 is 5.78 Å². The number of benzene rings is 1. The van der Waals surface area contributed by atoms with E-state index in [1.807, 2.05) is 24.3 Å². The zero-order chi connectivity index (χ0) is 11.4. The second-order valence-corrected chi connectivity index (χ2v) is 4.48. The molecule has 0 saturated carbocycles. The lowest BCUT2D eigenvalue weighted by molar-refractivity contribution is -0.132. The van der Waals surface area contributed by atoms with E-state index in [2.05, 4.69) is 6.92 Å². The van der Waals surface area contributed by atoms with Gasteiger partial charge in [-0.1, -0.05) is 29.8 Å². The Bertz CT molecular complexity index is 348. The molecule has 0 spiro atoms. The van der Waals surface area contributed by atoms with Crippen LogP contribution < -0.4 is 0 Å². The lowest BCUT2D eigenvalue weighted by Crippen LogP contribution is -2.29. The summed E-state index contributed by atoms with van der Waals surface area (Å²) < 4.78 is 5.49. The van der Waals surface area contributed by atoms with Crippen molar-refractivity contribution < 1.29 is 9.53 Å². The first-order valence-corrected chi connectivity index (χ1v) is 5.95. The van der Waals surface area contributed by atoms with Gasteiger partial charge in [0.2, 0.25) is 0 Å². The summed E-state index contributed by atoms with van der Waals surface area (Å²) in [7, 11) is 0. The molecule has 1 aromatic carbocycles. The first-order valence-electron chi connectivity index (χ1n) is 5.95. The number of ether oxygens (including phenoxy) is 1. The fourth-order valence-corrected chi connectivity index (χ4v) is 2.02. The predicted molar refractivity (Wildman–Crippen MR) is 63.5 cm³/mol. The Labute approximate surface area is 96.6 Å². The Balaban J connectivity index is 1.93. The molecule has 86 valence electrons. The van der Waals surface area contributed by atoms with Crippen molar-refractivity contribution in [2.75, 3.05) is 6.61 Å². The van der Waals surface area contributed by atoms with Crippen LogP contribution in [-0.2, 0) is 16.0 Å². The minimum Gasteiger partial charge on any atom is -0.370 e. The molecule has 0 aliphatic carbocycles. The van der Waals surface area contributed by atoms with E-state index in [-0.39, 0.29) is 11.9 Å². The predicted octanol–water partition coefficient (Wildman–Crippen LogP) is 2.68. The zero-order valence-corrected chi connectivity index (χ0v) is 9.74. The average molecular weight is 218 g/mol. The first kappa shape index (κ1) is 11.3. The molecule has 1 fully saturated rings. The summed E-state index contributed by atoms with van der Waals surface area (Å²) in [5.74, 6) is 0.226. The van der Waals surface area contributed by atoms with E-state index in [0.717, 1.165) is 31.4 Å². The third kappa shape index (κ3) is 2.92. The van der Waals surface area contributed by atoms with Crippen LogP contribution in [0.25, 0.3) is 0 Å². The Kier molecular flexibility index (Phi) is 3.73. The highest BCUT2D eigenvalue weighted by Gasteiger charge is 2.21. The Morgan fingerprint density at radius 1 is 1.31 bits per heavy atom. The SMILES string of the molecule is Cc1ccc(CC(=O)C2CCCCO2)cc1. The fraction of sp³-hybridized carbons (Fsp3) is 0.500. The van der Waals surface area contributed by atoms with Crippen molar-refractivity contribution in [2.24, 2.45) is 0 Å². The fourth-order valence-electron chi connectivity index (χ4n) is 2.02. The van der Waals surface area contributed by atoms with E-state index in [1.165, 1.54) is 5.56 Å². The van der Waals surface area contributed by atoms with E-state index in [1.54, 1.807) is 0 Å². The lowest BCUT2D eigenvalue weighted by atomic mass is 9.99. The molecule has 2 rings (SSSR count). The van der Waals surface area contributed by atoms with Gasteiger partial charge in [-0.3, -0.25) is 4.79 Å². The highest BCUT2D eigenvalue weighted by molar-refractivity contribution is 5.85. The highest BCUT2D eigenvalue weighted by Crippen LogP contribution is 2.15. The largest absolute Gasteiger partial charge is 0.370 e. The van der Waals surface area contributed by atoms with Gasteiger partial charge in [-0.2, -0.15) is 0 Å². The van der Waals surface area contributed by atoms with Crippen molar-refractivity contribution in [2.45, 2.75) is 38.7 Å². The number of rotatable bonds is 3. The summed E-state index contributed by atoms with van der Waals surface area (Å²) >= 11 is 0. The first-order chi connectivity index (χ1) is 7.75. The van der Waals surface area contributed by atoms with E-state index in [9.17, 15) is 4.79 Å². The van der Waals surface area contributed by atoms with Crippen LogP contribution in [0.2, 0.25) is 0 Å². The minimum absolute atomic E-state index is 0.157. The molecule has 0 radical (unpaired) electrons. The minimum atomic E-state index is -0.157. The van der Waals surface area contributed by atoms with Gasteiger partial charge in [0.15, 0.2) is 5.78 Å². The van der Waals surface area contributed by atoms with Crippen LogP contribution in [0.3, 0.4) is 0 Å². The monoisotopic (exact) mass is 218 g/mol. The van der Waals surface area contributed by atoms with Crippen molar-refractivity contribution in [1.29, 1.82) is 0 Å². The van der Waals surface area contributed by atoms with Gasteiger partial charge in [-0.15, -0.1) is 0 Å². The summed E-state index contributed by atoms with van der Waals surface area (Å²) in [4.78, 5) is 11.9. The van der Waals surface area contributed by atoms with Crippen LogP contribution in [0.4, 0.5) is 0 Å². The molecular formula is C14H18O2. The van der Waals surface area contributed by atoms with E-state index >= 15 is 0 Å². The van der Waals surface area contributed by atoms with Crippen LogP contribution in [0.15, 0.2) is 24.3 Å². The molecule has 0 aromatic heterocycles. The maximum absolute atomic E-state index is 11.9. The van der Waals surface area contributed by atoms with E-state index in [4.69, 9.17) is 4.74 Å². The molecule has 1 aliphatic heterocycles. The normalized spacial score (nSPS) is 20.7. The van der Waals surface area contributed by atoms with Crippen LogP contribution in [0.1, 0.15) is 30.4 Å². The maximum atomic E-state index is 11.9. The molecule has 0 amide bonds. The Morgan fingerprint density at radius 3 is 2.69 bits per heavy atom. The third-order valence-electron chi connectivity index (χ3n) is 3.04. The molecule has 1 aliphatic rings. The molecule has 2 heteroatoms. The van der Waals surface area contributed by atoms with Crippen LogP contribution >= 0.6 is 0 Å². The lowest BCUT2D eigenvalue weighted by Gasteiger charge is -2.21. The molecular weight excluding hydrogens is 200 g/mol. The summed E-state index contributed by atoms with van der Waals surface area (Å²) in [5, 5.41) is 0. The second-order valence-electron chi connectivity index (χ2n) is 4.48. The van der Waals surface area contributed by atoms with Gasteiger partial charge in [0.1, 0.15) is 6.10 Å². The van der Waals surface area contributed by atoms with E-state index in [0.29, 0.717) is 6.42 Å². The molecule has 1 heterocycles. The molecule has 0 bridgehead atoms. The number of hydrogen-bond donors (Lipinski definition) is 0. The van der Waals surface area contributed by atoms with Crippen LogP contribution in [0, 0.1) is 6.92 Å². The van der Waals surface area contributed by atoms with Gasteiger partial charge in [-0.05, 0) is 31.7 Å². The van der Waals surface area contributed by atoms with Gasteiger partial charge in [0, 0.05) is 13.0 Å². The molecule has 1 aromatic rings. The van der Waals surface area contributed by atoms with Crippen molar-refractivity contribution in [3.8, 4) is 0 Å². The number of ketones is 1. The molecule has 1 unspecified atom stereocenters. The van der Waals surface area contributed by atoms with Crippen molar-refractivity contribution in [3.05, 3.63) is 35.4 Å². The standard InChI is InChI=1S/C14H18O2/c1-11-5-7-12(8-6-11)10-13(15)14-4-2-3-9-16-14/h5-8,14H,2-4,9-10H2,1H3. The quantitative estimate of drug-likeness (QED) is 0.779. The number of carbonyl (C=O) groups excluding carboxylic acids is 1. The smallest absolute Gasteiger partial charge is 0.165 e. The molecule has 1 saturated heterocycles. The molecule has 1 atom stereocenters. The van der Waals surface area contributed by atoms with Crippen LogP contribution in [0.5, 0.6) is 0 Å². The van der Waals surface area contributed by atoms with E-state index < -0.39 is 0 Å². The third-order valence-corrected chi connectivity index (χ3v) is 3.04. The van der Waals surface area contributed by atoms with Crippen molar-refractivity contribution in [3.63, 3.8) is 0 Å². The van der Waals surface area contributed by atoms with Gasteiger partial charge in [0.05, 0.1) is 0 Å². The van der Waals surface area contributed by atoms with Gasteiger partial charge < -0.3 is 4.74 Å². The molecule has 16 heavy (non-hydrogen) atoms. The zero-order valence-electron chi connectivity index (χ0n) is 9.74. The van der Waals surface area contributed by atoms with Gasteiger partial charge in [0.25, 0.3) is 0 Å². The van der Waals surface area contributed by atoms with Gasteiger partial charge in [-0.25, -0.2) is 0 Å². The number of aryl methyl sites for hydroxylation is 1. The van der Waals surface area contributed by atoms with Crippen LogP contribution in [-0.4, -0.2) is 18.5 Å². The summed E-state index contributed by atoms with van der Waals surface area (Å²) in [6.45, 7) is 2.79. The highest BCUT2D eigenvalue weighted by atomic mass is 16.5. The van der Waals surface area contributed by atoms with Gasteiger partial charge >= 0.3 is 0 Å². The van der Waals surface area contributed by atoms with Crippen molar-refractivity contribution in [1.82, 2.24) is 0 Å². The summed E-state index contributed by atoms with van der Waals surface area (Å²) in [6.07, 6.45) is 3.45.